The first-order valence-corrected chi connectivity index (χ1v) is 12.2. The molecular formula is C22H31NO3Si. The Morgan fingerprint density at radius 2 is 1.74 bits per heavy atom. The molecule has 0 aliphatic carbocycles. The SMILES string of the molecule is CC(C)(C)OC(=O)/C=C/c1ccc(O[Si](C)(C)C(C)(C)C)c2ncccc12. The highest BCUT2D eigenvalue weighted by atomic mass is 28.4. The van der Waals surface area contributed by atoms with Crippen molar-refractivity contribution in [1.82, 2.24) is 4.98 Å². The Hall–Kier alpha value is -2.14. The van der Waals surface area contributed by atoms with E-state index in [2.05, 4.69) is 38.8 Å². The van der Waals surface area contributed by atoms with Gasteiger partial charge in [-0.05, 0) is 62.7 Å². The third-order valence-electron chi connectivity index (χ3n) is 4.74. The van der Waals surface area contributed by atoms with Gasteiger partial charge >= 0.3 is 5.97 Å². The van der Waals surface area contributed by atoms with Crippen molar-refractivity contribution in [3.05, 3.63) is 42.1 Å². The number of carbonyl (C=O) groups excluding carboxylic acids is 1. The van der Waals surface area contributed by atoms with Crippen molar-refractivity contribution in [1.29, 1.82) is 0 Å². The zero-order chi connectivity index (χ0) is 20.5. The first-order valence-electron chi connectivity index (χ1n) is 9.28. The molecule has 0 saturated carbocycles. The lowest BCUT2D eigenvalue weighted by Crippen LogP contribution is -2.43. The molecule has 0 amide bonds. The molecule has 2 aromatic rings. The second-order valence-corrected chi connectivity index (χ2v) is 14.0. The fourth-order valence-corrected chi connectivity index (χ4v) is 3.34. The van der Waals surface area contributed by atoms with Crippen LogP contribution in [0.25, 0.3) is 17.0 Å². The Bertz CT molecular complexity index is 858. The Morgan fingerprint density at radius 3 is 2.33 bits per heavy atom. The highest BCUT2D eigenvalue weighted by Gasteiger charge is 2.39. The first kappa shape index (κ1) is 21.2. The zero-order valence-corrected chi connectivity index (χ0v) is 18.7. The summed E-state index contributed by atoms with van der Waals surface area (Å²) in [6.45, 7) is 16.6. The molecule has 5 heteroatoms. The summed E-state index contributed by atoms with van der Waals surface area (Å²) in [5.41, 5.74) is 1.21. The fourth-order valence-electron chi connectivity index (χ4n) is 2.32. The van der Waals surface area contributed by atoms with E-state index in [1.165, 1.54) is 6.08 Å². The second kappa shape index (κ2) is 7.47. The minimum Gasteiger partial charge on any atom is -0.542 e. The smallest absolute Gasteiger partial charge is 0.331 e. The molecule has 0 atom stereocenters. The van der Waals surface area contributed by atoms with Gasteiger partial charge in [0.25, 0.3) is 8.32 Å². The standard InChI is InChI=1S/C22H31NO3Si/c1-21(2,3)25-19(24)14-12-16-11-13-18(20-17(16)10-9-15-23-20)26-27(7,8)22(4,5)6/h9-15H,1-8H3/b14-12+. The number of aromatic nitrogens is 1. The van der Waals surface area contributed by atoms with Crippen LogP contribution in [0.4, 0.5) is 0 Å². The van der Waals surface area contributed by atoms with E-state index >= 15 is 0 Å². The van der Waals surface area contributed by atoms with Crippen LogP contribution in [0.15, 0.2) is 36.5 Å². The van der Waals surface area contributed by atoms with E-state index in [4.69, 9.17) is 9.16 Å². The predicted molar refractivity (Wildman–Crippen MR) is 114 cm³/mol. The van der Waals surface area contributed by atoms with Crippen molar-refractivity contribution < 1.29 is 14.0 Å². The van der Waals surface area contributed by atoms with Crippen molar-refractivity contribution in [2.75, 3.05) is 0 Å². The average molecular weight is 386 g/mol. The molecule has 1 heterocycles. The van der Waals surface area contributed by atoms with Gasteiger partial charge in [-0.2, -0.15) is 0 Å². The molecule has 2 rings (SSSR count). The van der Waals surface area contributed by atoms with Crippen LogP contribution in [0.3, 0.4) is 0 Å². The molecule has 4 nitrogen and oxygen atoms in total. The van der Waals surface area contributed by atoms with Crippen LogP contribution in [0, 0.1) is 0 Å². The molecule has 0 saturated heterocycles. The summed E-state index contributed by atoms with van der Waals surface area (Å²) in [6, 6.07) is 7.80. The highest BCUT2D eigenvalue weighted by molar-refractivity contribution is 6.74. The number of nitrogens with zero attached hydrogens (tertiary/aromatic N) is 1. The number of esters is 1. The van der Waals surface area contributed by atoms with Crippen LogP contribution >= 0.6 is 0 Å². The van der Waals surface area contributed by atoms with E-state index in [-0.39, 0.29) is 11.0 Å². The van der Waals surface area contributed by atoms with Gasteiger partial charge in [0.2, 0.25) is 0 Å². The number of hydrogen-bond donors (Lipinski definition) is 0. The molecule has 146 valence electrons. The van der Waals surface area contributed by atoms with Crippen molar-refractivity contribution in [2.24, 2.45) is 0 Å². The van der Waals surface area contributed by atoms with Gasteiger partial charge in [0.15, 0.2) is 0 Å². The van der Waals surface area contributed by atoms with E-state index in [1.54, 1.807) is 12.3 Å². The van der Waals surface area contributed by atoms with E-state index in [1.807, 2.05) is 45.0 Å². The molecule has 1 aromatic heterocycles. The van der Waals surface area contributed by atoms with Gasteiger partial charge in [0.05, 0.1) is 0 Å². The van der Waals surface area contributed by atoms with Crippen LogP contribution in [0.1, 0.15) is 47.1 Å². The van der Waals surface area contributed by atoms with Crippen molar-refractivity contribution in [3.63, 3.8) is 0 Å². The molecule has 0 aliphatic rings. The summed E-state index contributed by atoms with van der Waals surface area (Å²) in [5, 5.41) is 1.05. The fraction of sp³-hybridized carbons (Fsp3) is 0.455. The van der Waals surface area contributed by atoms with Gasteiger partial charge in [0.1, 0.15) is 16.9 Å². The maximum absolute atomic E-state index is 12.0. The van der Waals surface area contributed by atoms with Crippen LogP contribution < -0.4 is 4.43 Å². The number of ether oxygens (including phenoxy) is 1. The predicted octanol–water partition coefficient (Wildman–Crippen LogP) is 5.97. The molecule has 27 heavy (non-hydrogen) atoms. The van der Waals surface area contributed by atoms with Crippen molar-refractivity contribution in [2.45, 2.75) is 65.3 Å². The van der Waals surface area contributed by atoms with Gasteiger partial charge in [-0.25, -0.2) is 4.79 Å². The van der Waals surface area contributed by atoms with Crippen LogP contribution in [0.2, 0.25) is 18.1 Å². The maximum atomic E-state index is 12.0. The molecule has 0 fully saturated rings. The Labute approximate surface area is 163 Å². The summed E-state index contributed by atoms with van der Waals surface area (Å²) in [7, 11) is -1.98. The normalized spacial score (nSPS) is 13.2. The Kier molecular flexibility index (Phi) is 5.85. The highest BCUT2D eigenvalue weighted by Crippen LogP contribution is 2.39. The molecule has 1 aromatic carbocycles. The van der Waals surface area contributed by atoms with E-state index < -0.39 is 13.9 Å². The lowest BCUT2D eigenvalue weighted by molar-refractivity contribution is -0.148. The monoisotopic (exact) mass is 385 g/mol. The van der Waals surface area contributed by atoms with Gasteiger partial charge < -0.3 is 9.16 Å². The van der Waals surface area contributed by atoms with Gasteiger partial charge in [-0.3, -0.25) is 4.98 Å². The van der Waals surface area contributed by atoms with Crippen LogP contribution in [-0.4, -0.2) is 24.9 Å². The zero-order valence-electron chi connectivity index (χ0n) is 17.7. The van der Waals surface area contributed by atoms with Crippen molar-refractivity contribution >= 4 is 31.3 Å². The Morgan fingerprint density at radius 1 is 1.07 bits per heavy atom. The van der Waals surface area contributed by atoms with E-state index in [0.717, 1.165) is 22.2 Å². The third kappa shape index (κ3) is 5.42. The topological polar surface area (TPSA) is 48.4 Å². The van der Waals surface area contributed by atoms with Crippen LogP contribution in [0.5, 0.6) is 5.75 Å². The molecule has 0 N–H and O–H groups in total. The molecular weight excluding hydrogens is 354 g/mol. The van der Waals surface area contributed by atoms with Crippen LogP contribution in [-0.2, 0) is 9.53 Å². The number of rotatable bonds is 4. The molecule has 0 radical (unpaired) electrons. The lowest BCUT2D eigenvalue weighted by Gasteiger charge is -2.36. The summed E-state index contributed by atoms with van der Waals surface area (Å²) in [5.74, 6) is 0.438. The number of benzene rings is 1. The van der Waals surface area contributed by atoms with E-state index in [9.17, 15) is 4.79 Å². The third-order valence-corrected chi connectivity index (χ3v) is 9.09. The molecule has 0 unspecified atom stereocenters. The van der Waals surface area contributed by atoms with Crippen molar-refractivity contribution in [3.8, 4) is 5.75 Å². The summed E-state index contributed by atoms with van der Waals surface area (Å²) in [6.07, 6.45) is 5.00. The summed E-state index contributed by atoms with van der Waals surface area (Å²) in [4.78, 5) is 16.5. The minimum atomic E-state index is -1.98. The summed E-state index contributed by atoms with van der Waals surface area (Å²) >= 11 is 0. The number of pyridine rings is 1. The summed E-state index contributed by atoms with van der Waals surface area (Å²) < 4.78 is 11.8. The maximum Gasteiger partial charge on any atom is 0.331 e. The Balaban J connectivity index is 2.39. The van der Waals surface area contributed by atoms with Gasteiger partial charge in [-0.1, -0.05) is 32.9 Å². The average Bonchev–Trinajstić information content (AvgIpc) is 2.51. The molecule has 0 spiro atoms. The van der Waals surface area contributed by atoms with Gasteiger partial charge in [-0.15, -0.1) is 0 Å². The molecule has 0 aliphatic heterocycles. The quantitative estimate of drug-likeness (QED) is 0.369. The van der Waals surface area contributed by atoms with E-state index in [0.29, 0.717) is 0 Å². The lowest BCUT2D eigenvalue weighted by atomic mass is 10.1. The first-order chi connectivity index (χ1) is 12.3. The minimum absolute atomic E-state index is 0.101. The number of hydrogen-bond acceptors (Lipinski definition) is 4. The number of fused-ring (bicyclic) bond motifs is 1. The second-order valence-electron chi connectivity index (χ2n) is 9.28. The molecule has 0 bridgehead atoms. The van der Waals surface area contributed by atoms with Gasteiger partial charge in [0, 0.05) is 17.7 Å². The number of carbonyl (C=O) groups is 1. The largest absolute Gasteiger partial charge is 0.542 e.